The second-order valence-electron chi connectivity index (χ2n) is 6.16. The van der Waals surface area contributed by atoms with Gasteiger partial charge in [0.15, 0.2) is 0 Å². The Balaban J connectivity index is 1.59. The van der Waals surface area contributed by atoms with Crippen molar-refractivity contribution >= 4 is 0 Å². The van der Waals surface area contributed by atoms with Crippen LogP contribution in [0.1, 0.15) is 11.4 Å². The van der Waals surface area contributed by atoms with E-state index in [0.717, 1.165) is 23.2 Å². The molecule has 2 aromatic heterocycles. The van der Waals surface area contributed by atoms with Gasteiger partial charge >= 0.3 is 5.69 Å². The summed E-state index contributed by atoms with van der Waals surface area (Å²) in [7, 11) is 0. The topological polar surface area (TPSA) is 68.5 Å². The van der Waals surface area contributed by atoms with E-state index in [1.165, 1.54) is 10.2 Å². The monoisotopic (exact) mass is 345 g/mol. The van der Waals surface area contributed by atoms with Crippen LogP contribution in [0.5, 0.6) is 0 Å². The first-order chi connectivity index (χ1) is 12.7. The number of H-pyrrole nitrogens is 1. The molecular formula is C20H19N5O. The molecule has 0 spiro atoms. The minimum Gasteiger partial charge on any atom is -0.285 e. The van der Waals surface area contributed by atoms with Gasteiger partial charge in [-0.25, -0.2) is 4.79 Å². The number of aryl methyl sites for hydroxylation is 2. The zero-order valence-electron chi connectivity index (χ0n) is 14.5. The fourth-order valence-corrected chi connectivity index (χ4v) is 3.01. The summed E-state index contributed by atoms with van der Waals surface area (Å²) in [5.74, 6) is 0.713. The van der Waals surface area contributed by atoms with Gasteiger partial charge in [-0.05, 0) is 36.6 Å². The molecule has 0 saturated carbocycles. The number of aromatic amines is 1. The van der Waals surface area contributed by atoms with Gasteiger partial charge in [-0.3, -0.25) is 9.67 Å². The van der Waals surface area contributed by atoms with E-state index < -0.39 is 0 Å². The number of nitrogens with one attached hydrogen (secondary N) is 1. The van der Waals surface area contributed by atoms with Crippen LogP contribution in [0.4, 0.5) is 0 Å². The van der Waals surface area contributed by atoms with Crippen molar-refractivity contribution in [2.24, 2.45) is 0 Å². The highest BCUT2D eigenvalue weighted by Gasteiger charge is 2.11. The lowest BCUT2D eigenvalue weighted by Gasteiger charge is -2.03. The molecule has 0 fully saturated rings. The van der Waals surface area contributed by atoms with Crippen LogP contribution in [0.15, 0.2) is 71.8 Å². The van der Waals surface area contributed by atoms with Gasteiger partial charge in [-0.15, -0.1) is 0 Å². The van der Waals surface area contributed by atoms with Gasteiger partial charge in [-0.1, -0.05) is 42.5 Å². The van der Waals surface area contributed by atoms with Gasteiger partial charge in [0.25, 0.3) is 0 Å². The minimum atomic E-state index is -0.116. The van der Waals surface area contributed by atoms with Gasteiger partial charge < -0.3 is 0 Å². The van der Waals surface area contributed by atoms with Crippen LogP contribution < -0.4 is 5.69 Å². The number of rotatable bonds is 5. The van der Waals surface area contributed by atoms with Crippen molar-refractivity contribution in [1.82, 2.24) is 24.5 Å². The van der Waals surface area contributed by atoms with E-state index in [9.17, 15) is 4.79 Å². The largest absolute Gasteiger partial charge is 0.350 e. The summed E-state index contributed by atoms with van der Waals surface area (Å²) >= 11 is 0. The predicted molar refractivity (Wildman–Crippen MR) is 100 cm³/mol. The highest BCUT2D eigenvalue weighted by molar-refractivity contribution is 5.62. The van der Waals surface area contributed by atoms with Crippen LogP contribution in [-0.2, 0) is 13.0 Å². The highest BCUT2D eigenvalue weighted by Crippen LogP contribution is 2.19. The van der Waals surface area contributed by atoms with Crippen LogP contribution in [-0.4, -0.2) is 24.5 Å². The lowest BCUT2D eigenvalue weighted by atomic mass is 10.1. The molecule has 0 unspecified atom stereocenters. The first-order valence-corrected chi connectivity index (χ1v) is 8.52. The maximum Gasteiger partial charge on any atom is 0.350 e. The normalized spacial score (nSPS) is 11.0. The quantitative estimate of drug-likeness (QED) is 0.605. The Morgan fingerprint density at radius 1 is 1.00 bits per heavy atom. The molecule has 0 aliphatic rings. The van der Waals surface area contributed by atoms with Crippen LogP contribution in [0.3, 0.4) is 0 Å². The van der Waals surface area contributed by atoms with E-state index in [1.807, 2.05) is 55.6 Å². The number of hydrogen-bond donors (Lipinski definition) is 1. The van der Waals surface area contributed by atoms with Crippen molar-refractivity contribution < 1.29 is 0 Å². The minimum absolute atomic E-state index is 0.116. The SMILES string of the molecule is Cc1nn(-c2ccc(-c3cn[nH]c3)cc2)c(=O)n1CCc1ccccc1. The molecule has 4 rings (SSSR count). The summed E-state index contributed by atoms with van der Waals surface area (Å²) in [6, 6.07) is 17.9. The van der Waals surface area contributed by atoms with Gasteiger partial charge in [0.05, 0.1) is 11.9 Å². The fraction of sp³-hybridized carbons (Fsp3) is 0.150. The third-order valence-electron chi connectivity index (χ3n) is 4.46. The van der Waals surface area contributed by atoms with Gasteiger partial charge in [0.2, 0.25) is 0 Å². The average Bonchev–Trinajstić information content (AvgIpc) is 3.30. The summed E-state index contributed by atoms with van der Waals surface area (Å²) < 4.78 is 3.18. The second-order valence-corrected chi connectivity index (χ2v) is 6.16. The number of nitrogens with zero attached hydrogens (tertiary/aromatic N) is 4. The van der Waals surface area contributed by atoms with Gasteiger partial charge in [0, 0.05) is 18.3 Å². The lowest BCUT2D eigenvalue weighted by Crippen LogP contribution is -2.25. The molecule has 26 heavy (non-hydrogen) atoms. The molecule has 0 amide bonds. The van der Waals surface area contributed by atoms with Crippen molar-refractivity contribution in [2.45, 2.75) is 19.9 Å². The lowest BCUT2D eigenvalue weighted by molar-refractivity contribution is 0.646. The summed E-state index contributed by atoms with van der Waals surface area (Å²) in [6.45, 7) is 2.48. The van der Waals surface area contributed by atoms with E-state index in [4.69, 9.17) is 0 Å². The molecular weight excluding hydrogens is 326 g/mol. The van der Waals surface area contributed by atoms with Gasteiger partial charge in [-0.2, -0.15) is 14.9 Å². The molecule has 0 atom stereocenters. The van der Waals surface area contributed by atoms with Crippen molar-refractivity contribution in [2.75, 3.05) is 0 Å². The Bertz CT molecular complexity index is 1040. The maximum atomic E-state index is 12.8. The molecule has 6 nitrogen and oxygen atoms in total. The molecule has 1 N–H and O–H groups in total. The molecule has 4 aromatic rings. The molecule has 130 valence electrons. The molecule has 6 heteroatoms. The third kappa shape index (κ3) is 3.09. The maximum absolute atomic E-state index is 12.8. The van der Waals surface area contributed by atoms with Crippen LogP contribution in [0.2, 0.25) is 0 Å². The first-order valence-electron chi connectivity index (χ1n) is 8.52. The Hall–Kier alpha value is -3.41. The highest BCUT2D eigenvalue weighted by atomic mass is 16.2. The van der Waals surface area contributed by atoms with Gasteiger partial charge in [0.1, 0.15) is 5.82 Å². The summed E-state index contributed by atoms with van der Waals surface area (Å²) in [5, 5.41) is 11.2. The number of hydrogen-bond acceptors (Lipinski definition) is 3. The molecule has 0 bridgehead atoms. The standard InChI is InChI=1S/C20H19N5O/c1-15-23-25(19-9-7-17(8-10-19)18-13-21-22-14-18)20(26)24(15)12-11-16-5-3-2-4-6-16/h2-10,13-14H,11-12H2,1H3,(H,21,22). The zero-order chi connectivity index (χ0) is 17.9. The van der Waals surface area contributed by atoms with Crippen molar-refractivity contribution in [3.8, 4) is 16.8 Å². The van der Waals surface area contributed by atoms with E-state index >= 15 is 0 Å². The van der Waals surface area contributed by atoms with Crippen LogP contribution in [0.25, 0.3) is 16.8 Å². The van der Waals surface area contributed by atoms with E-state index in [-0.39, 0.29) is 5.69 Å². The molecule has 0 radical (unpaired) electrons. The smallest absolute Gasteiger partial charge is 0.285 e. The second kappa shape index (κ2) is 6.84. The van der Waals surface area contributed by atoms with Crippen molar-refractivity contribution in [3.05, 3.63) is 88.9 Å². The summed E-state index contributed by atoms with van der Waals surface area (Å²) in [4.78, 5) is 12.8. The number of aromatic nitrogens is 5. The zero-order valence-corrected chi connectivity index (χ0v) is 14.5. The van der Waals surface area contributed by atoms with E-state index in [0.29, 0.717) is 12.4 Å². The predicted octanol–water partition coefficient (Wildman–Crippen LogP) is 2.98. The first kappa shape index (κ1) is 16.1. The Kier molecular flexibility index (Phi) is 4.23. The summed E-state index contributed by atoms with van der Waals surface area (Å²) in [6.07, 6.45) is 4.40. The molecule has 2 heterocycles. The summed E-state index contributed by atoms with van der Waals surface area (Å²) in [5.41, 5.74) is 3.89. The van der Waals surface area contributed by atoms with Crippen LogP contribution in [0, 0.1) is 6.92 Å². The molecule has 2 aromatic carbocycles. The Labute approximate surface area is 150 Å². The van der Waals surface area contributed by atoms with Crippen LogP contribution >= 0.6 is 0 Å². The number of benzene rings is 2. The molecule has 0 aliphatic carbocycles. The van der Waals surface area contributed by atoms with Crippen molar-refractivity contribution in [1.29, 1.82) is 0 Å². The Morgan fingerprint density at radius 2 is 1.77 bits per heavy atom. The fourth-order valence-electron chi connectivity index (χ4n) is 3.01. The Morgan fingerprint density at radius 3 is 2.46 bits per heavy atom. The average molecular weight is 345 g/mol. The molecule has 0 saturated heterocycles. The third-order valence-corrected chi connectivity index (χ3v) is 4.46. The van der Waals surface area contributed by atoms with E-state index in [1.54, 1.807) is 10.8 Å². The molecule has 0 aliphatic heterocycles. The van der Waals surface area contributed by atoms with E-state index in [2.05, 4.69) is 27.4 Å². The van der Waals surface area contributed by atoms with Crippen molar-refractivity contribution in [3.63, 3.8) is 0 Å².